The van der Waals surface area contributed by atoms with Crippen molar-refractivity contribution in [3.63, 3.8) is 0 Å². The number of carbonyl (C=O) groups excluding carboxylic acids is 1. The number of nitrogens with one attached hydrogen (secondary N) is 1. The zero-order chi connectivity index (χ0) is 10.5. The molecule has 1 N–H and O–H groups in total. The summed E-state index contributed by atoms with van der Waals surface area (Å²) in [6, 6.07) is 3.89. The second-order valence-corrected chi connectivity index (χ2v) is 3.63. The van der Waals surface area contributed by atoms with Gasteiger partial charge in [0.05, 0.1) is 0 Å². The molecule has 1 aromatic heterocycles. The monoisotopic (exact) mass is 205 g/mol. The van der Waals surface area contributed by atoms with Crippen LogP contribution in [0.1, 0.15) is 5.56 Å². The quantitative estimate of drug-likeness (QED) is 0.718. The Morgan fingerprint density at radius 3 is 3.00 bits per heavy atom. The van der Waals surface area contributed by atoms with Crippen molar-refractivity contribution >= 4 is 12.1 Å². The summed E-state index contributed by atoms with van der Waals surface area (Å²) in [5.41, 5.74) is 1.04. The van der Waals surface area contributed by atoms with Crippen LogP contribution in [0, 0.1) is 0 Å². The molecular formula is C11H15N3O. The van der Waals surface area contributed by atoms with Crippen molar-refractivity contribution in [2.24, 2.45) is 0 Å². The van der Waals surface area contributed by atoms with Gasteiger partial charge in [0.1, 0.15) is 12.1 Å². The first kappa shape index (κ1) is 10.1. The van der Waals surface area contributed by atoms with Crippen molar-refractivity contribution in [3.05, 3.63) is 23.9 Å². The van der Waals surface area contributed by atoms with Crippen LogP contribution in [0.2, 0.25) is 0 Å². The molecule has 0 unspecified atom stereocenters. The number of nitrogens with zero attached hydrogens (tertiary/aromatic N) is 2. The molecule has 0 spiro atoms. The van der Waals surface area contributed by atoms with Gasteiger partial charge < -0.3 is 15.0 Å². The van der Waals surface area contributed by atoms with E-state index in [1.807, 2.05) is 12.1 Å². The third-order valence-corrected chi connectivity index (χ3v) is 2.57. The third-order valence-electron chi connectivity index (χ3n) is 2.57. The maximum absolute atomic E-state index is 10.4. The van der Waals surface area contributed by atoms with Crippen LogP contribution in [0.4, 0.5) is 5.82 Å². The highest BCUT2D eigenvalue weighted by Gasteiger charge is 2.11. The van der Waals surface area contributed by atoms with Gasteiger partial charge >= 0.3 is 0 Å². The molecule has 1 fully saturated rings. The summed E-state index contributed by atoms with van der Waals surface area (Å²) in [7, 11) is 0. The number of pyridine rings is 1. The van der Waals surface area contributed by atoms with Gasteiger partial charge in [-0.2, -0.15) is 0 Å². The van der Waals surface area contributed by atoms with E-state index in [1.54, 1.807) is 6.20 Å². The Morgan fingerprint density at radius 1 is 1.47 bits per heavy atom. The number of aromatic nitrogens is 1. The minimum absolute atomic E-state index is 0.474. The van der Waals surface area contributed by atoms with Crippen LogP contribution in [-0.2, 0) is 11.2 Å². The second kappa shape index (κ2) is 4.89. The fourth-order valence-electron chi connectivity index (χ4n) is 1.75. The Bertz CT molecular complexity index is 334. The first-order valence-electron chi connectivity index (χ1n) is 5.24. The Balaban J connectivity index is 2.12. The molecule has 0 aromatic carbocycles. The maximum atomic E-state index is 10.4. The lowest BCUT2D eigenvalue weighted by atomic mass is 10.2. The number of anilines is 1. The molecule has 0 bridgehead atoms. The van der Waals surface area contributed by atoms with Gasteiger partial charge in [-0.3, -0.25) is 0 Å². The molecule has 4 nitrogen and oxygen atoms in total. The minimum Gasteiger partial charge on any atom is -0.354 e. The molecule has 1 saturated heterocycles. The largest absolute Gasteiger partial charge is 0.354 e. The van der Waals surface area contributed by atoms with E-state index in [-0.39, 0.29) is 0 Å². The highest BCUT2D eigenvalue weighted by Crippen LogP contribution is 2.13. The van der Waals surface area contributed by atoms with Gasteiger partial charge in [-0.25, -0.2) is 4.98 Å². The highest BCUT2D eigenvalue weighted by molar-refractivity contribution is 5.56. The SMILES string of the molecule is O=CCc1ccnc(N2CCNCC2)c1. The van der Waals surface area contributed by atoms with Gasteiger partial charge in [-0.1, -0.05) is 0 Å². The van der Waals surface area contributed by atoms with Gasteiger partial charge in [0.15, 0.2) is 0 Å². The van der Waals surface area contributed by atoms with E-state index in [0.717, 1.165) is 43.8 Å². The number of hydrogen-bond acceptors (Lipinski definition) is 4. The van der Waals surface area contributed by atoms with E-state index >= 15 is 0 Å². The Hall–Kier alpha value is -1.42. The lowest BCUT2D eigenvalue weighted by Gasteiger charge is -2.28. The van der Waals surface area contributed by atoms with E-state index in [4.69, 9.17) is 0 Å². The minimum atomic E-state index is 0.474. The first-order valence-corrected chi connectivity index (χ1v) is 5.24. The van der Waals surface area contributed by atoms with E-state index in [0.29, 0.717) is 6.42 Å². The molecule has 2 rings (SSSR count). The van der Waals surface area contributed by atoms with Crippen LogP contribution in [0.5, 0.6) is 0 Å². The molecule has 4 heteroatoms. The summed E-state index contributed by atoms with van der Waals surface area (Å²) in [5.74, 6) is 0.982. The predicted molar refractivity (Wildman–Crippen MR) is 59.1 cm³/mol. The number of hydrogen-bond donors (Lipinski definition) is 1. The molecule has 80 valence electrons. The van der Waals surface area contributed by atoms with Crippen LogP contribution in [0.15, 0.2) is 18.3 Å². The molecule has 2 heterocycles. The van der Waals surface area contributed by atoms with Gasteiger partial charge in [0.2, 0.25) is 0 Å². The Labute approximate surface area is 89.3 Å². The lowest BCUT2D eigenvalue weighted by molar-refractivity contribution is -0.107. The van der Waals surface area contributed by atoms with Gasteiger partial charge in [-0.05, 0) is 17.7 Å². The van der Waals surface area contributed by atoms with Crippen LogP contribution < -0.4 is 10.2 Å². The van der Waals surface area contributed by atoms with E-state index in [2.05, 4.69) is 15.2 Å². The Kier molecular flexibility index (Phi) is 3.29. The standard InChI is InChI=1S/C11H15N3O/c15-8-2-10-1-3-13-11(9-10)14-6-4-12-5-7-14/h1,3,8-9,12H,2,4-7H2. The summed E-state index contributed by atoms with van der Waals surface area (Å²) >= 11 is 0. The van der Waals surface area contributed by atoms with E-state index in [1.165, 1.54) is 0 Å². The molecule has 0 radical (unpaired) electrons. The van der Waals surface area contributed by atoms with Crippen molar-refractivity contribution in [3.8, 4) is 0 Å². The number of aldehydes is 1. The highest BCUT2D eigenvalue weighted by atomic mass is 16.1. The topological polar surface area (TPSA) is 45.2 Å². The van der Waals surface area contributed by atoms with E-state index < -0.39 is 0 Å². The van der Waals surface area contributed by atoms with Gasteiger partial charge in [0.25, 0.3) is 0 Å². The number of piperazine rings is 1. The van der Waals surface area contributed by atoms with Crippen LogP contribution in [0.25, 0.3) is 0 Å². The number of rotatable bonds is 3. The average Bonchev–Trinajstić information content (AvgIpc) is 2.31. The van der Waals surface area contributed by atoms with Crippen molar-refractivity contribution in [2.45, 2.75) is 6.42 Å². The van der Waals surface area contributed by atoms with Crippen molar-refractivity contribution < 1.29 is 4.79 Å². The maximum Gasteiger partial charge on any atom is 0.128 e. The van der Waals surface area contributed by atoms with Crippen molar-refractivity contribution in [1.82, 2.24) is 10.3 Å². The molecule has 1 aromatic rings. The fourth-order valence-corrected chi connectivity index (χ4v) is 1.75. The van der Waals surface area contributed by atoms with Gasteiger partial charge in [-0.15, -0.1) is 0 Å². The summed E-state index contributed by atoms with van der Waals surface area (Å²) < 4.78 is 0. The molecule has 0 amide bonds. The zero-order valence-corrected chi connectivity index (χ0v) is 8.65. The average molecular weight is 205 g/mol. The molecule has 0 aliphatic carbocycles. The summed E-state index contributed by atoms with van der Waals surface area (Å²) in [6.45, 7) is 3.97. The summed E-state index contributed by atoms with van der Waals surface area (Å²) in [6.07, 6.45) is 3.18. The normalized spacial score (nSPS) is 16.4. The third kappa shape index (κ3) is 2.53. The zero-order valence-electron chi connectivity index (χ0n) is 8.65. The summed E-state index contributed by atoms with van der Waals surface area (Å²) in [5, 5.41) is 3.30. The smallest absolute Gasteiger partial charge is 0.128 e. The van der Waals surface area contributed by atoms with E-state index in [9.17, 15) is 4.79 Å². The van der Waals surface area contributed by atoms with Crippen molar-refractivity contribution in [1.29, 1.82) is 0 Å². The predicted octanol–water partition coefficient (Wildman–Crippen LogP) is 0.233. The molecule has 1 aliphatic rings. The van der Waals surface area contributed by atoms with Crippen LogP contribution in [-0.4, -0.2) is 37.4 Å². The van der Waals surface area contributed by atoms with Crippen molar-refractivity contribution in [2.75, 3.05) is 31.1 Å². The Morgan fingerprint density at radius 2 is 2.27 bits per heavy atom. The lowest BCUT2D eigenvalue weighted by Crippen LogP contribution is -2.43. The fraction of sp³-hybridized carbons (Fsp3) is 0.455. The van der Waals surface area contributed by atoms with Gasteiger partial charge in [0, 0.05) is 38.8 Å². The molecule has 15 heavy (non-hydrogen) atoms. The second-order valence-electron chi connectivity index (χ2n) is 3.63. The molecule has 0 atom stereocenters. The van der Waals surface area contributed by atoms with Crippen LogP contribution in [0.3, 0.4) is 0 Å². The molecule has 1 aliphatic heterocycles. The first-order chi connectivity index (χ1) is 7.40. The summed E-state index contributed by atoms with van der Waals surface area (Å²) in [4.78, 5) is 17.0. The number of carbonyl (C=O) groups is 1. The van der Waals surface area contributed by atoms with Crippen LogP contribution >= 0.6 is 0 Å². The molecular weight excluding hydrogens is 190 g/mol. The molecule has 0 saturated carbocycles.